The van der Waals surface area contributed by atoms with Gasteiger partial charge in [-0.15, -0.1) is 10.2 Å². The maximum atomic E-state index is 9.32. The molecule has 21 heavy (non-hydrogen) atoms. The number of rotatable bonds is 6. The van der Waals surface area contributed by atoms with Crippen molar-refractivity contribution in [2.24, 2.45) is 0 Å². The Labute approximate surface area is 133 Å². The number of hydrogen-bond acceptors (Lipinski definition) is 7. The molecule has 0 saturated heterocycles. The summed E-state index contributed by atoms with van der Waals surface area (Å²) in [5, 5.41) is 21.7. The first kappa shape index (κ1) is 15.8. The Balaban J connectivity index is 2.17. The highest BCUT2D eigenvalue weighted by atomic mass is 32.2. The number of nitrogens with one attached hydrogen (secondary N) is 1. The number of nitrogens with zero attached hydrogens (tertiary/aromatic N) is 4. The third-order valence-corrected chi connectivity index (χ3v) is 4.94. The third-order valence-electron chi connectivity index (χ3n) is 2.72. The first-order valence-electron chi connectivity index (χ1n) is 6.56. The molecule has 5 nitrogen and oxygen atoms in total. The summed E-state index contributed by atoms with van der Waals surface area (Å²) in [5.41, 5.74) is 1.79. The Morgan fingerprint density at radius 2 is 2.19 bits per heavy atom. The lowest BCUT2D eigenvalue weighted by atomic mass is 10.1. The fourth-order valence-corrected chi connectivity index (χ4v) is 3.43. The Hall–Kier alpha value is -1.62. The number of anilines is 1. The highest BCUT2D eigenvalue weighted by Crippen LogP contribution is 2.34. The van der Waals surface area contributed by atoms with Crippen molar-refractivity contribution in [2.75, 3.05) is 25.5 Å². The summed E-state index contributed by atoms with van der Waals surface area (Å²) < 4.78 is 0.842. The van der Waals surface area contributed by atoms with E-state index in [0.717, 1.165) is 33.0 Å². The molecule has 0 spiro atoms. The van der Waals surface area contributed by atoms with Crippen molar-refractivity contribution in [3.05, 3.63) is 29.3 Å². The standard InChI is InChI=1S/C14H17N5S2/c1-4-16-9-10-5-6-12(11(7-10)8-15)20-14-18-17-13(21-14)19(2)3/h5-7,16H,4,9H2,1-3H3. The van der Waals surface area contributed by atoms with Gasteiger partial charge in [0.05, 0.1) is 5.56 Å². The maximum absolute atomic E-state index is 9.32. The van der Waals surface area contributed by atoms with Crippen molar-refractivity contribution in [3.8, 4) is 6.07 Å². The Morgan fingerprint density at radius 1 is 1.38 bits per heavy atom. The minimum absolute atomic E-state index is 0.678. The number of nitriles is 1. The average Bonchev–Trinajstić information content (AvgIpc) is 2.95. The number of benzene rings is 1. The summed E-state index contributed by atoms with van der Waals surface area (Å²) in [4.78, 5) is 2.84. The molecule has 0 atom stereocenters. The monoisotopic (exact) mass is 319 g/mol. The zero-order chi connectivity index (χ0) is 15.2. The van der Waals surface area contributed by atoms with Crippen LogP contribution in [0.25, 0.3) is 0 Å². The van der Waals surface area contributed by atoms with E-state index in [-0.39, 0.29) is 0 Å². The van der Waals surface area contributed by atoms with Crippen molar-refractivity contribution in [3.63, 3.8) is 0 Å². The zero-order valence-corrected chi connectivity index (χ0v) is 13.9. The van der Waals surface area contributed by atoms with Gasteiger partial charge in [0.15, 0.2) is 4.34 Å². The molecule has 0 radical (unpaired) electrons. The molecular weight excluding hydrogens is 302 g/mol. The Kier molecular flexibility index (Phi) is 5.56. The molecule has 1 N–H and O–H groups in total. The number of hydrogen-bond donors (Lipinski definition) is 1. The maximum Gasteiger partial charge on any atom is 0.208 e. The molecule has 110 valence electrons. The van der Waals surface area contributed by atoms with Gasteiger partial charge in [-0.05, 0) is 24.2 Å². The van der Waals surface area contributed by atoms with Crippen LogP contribution in [0.15, 0.2) is 27.4 Å². The van der Waals surface area contributed by atoms with Gasteiger partial charge in [-0.2, -0.15) is 5.26 Å². The van der Waals surface area contributed by atoms with E-state index in [1.807, 2.05) is 37.2 Å². The molecule has 2 rings (SSSR count). The van der Waals surface area contributed by atoms with E-state index < -0.39 is 0 Å². The molecule has 1 aromatic carbocycles. The average molecular weight is 319 g/mol. The first-order chi connectivity index (χ1) is 10.1. The Bertz CT molecular complexity index is 645. The van der Waals surface area contributed by atoms with E-state index in [0.29, 0.717) is 5.56 Å². The highest BCUT2D eigenvalue weighted by Gasteiger charge is 2.11. The van der Waals surface area contributed by atoms with E-state index >= 15 is 0 Å². The highest BCUT2D eigenvalue weighted by molar-refractivity contribution is 8.01. The predicted octanol–water partition coefficient (Wildman–Crippen LogP) is 2.74. The zero-order valence-electron chi connectivity index (χ0n) is 12.3. The van der Waals surface area contributed by atoms with Crippen LogP contribution in [0.1, 0.15) is 18.1 Å². The van der Waals surface area contributed by atoms with E-state index in [2.05, 4.69) is 28.5 Å². The predicted molar refractivity (Wildman–Crippen MR) is 86.9 cm³/mol. The van der Waals surface area contributed by atoms with Crippen LogP contribution in [0.2, 0.25) is 0 Å². The molecule has 0 amide bonds. The van der Waals surface area contributed by atoms with Crippen LogP contribution in [0.4, 0.5) is 5.13 Å². The first-order valence-corrected chi connectivity index (χ1v) is 8.19. The summed E-state index contributed by atoms with van der Waals surface area (Å²) >= 11 is 3.00. The minimum Gasteiger partial charge on any atom is -0.353 e. The molecule has 1 heterocycles. The second kappa shape index (κ2) is 7.41. The lowest BCUT2D eigenvalue weighted by Crippen LogP contribution is -2.11. The van der Waals surface area contributed by atoms with Crippen molar-refractivity contribution in [1.29, 1.82) is 5.26 Å². The third kappa shape index (κ3) is 4.17. The molecule has 0 aliphatic rings. The molecule has 0 fully saturated rings. The molecule has 0 aliphatic carbocycles. The molecule has 1 aromatic heterocycles. The summed E-state index contributed by atoms with van der Waals surface area (Å²) in [5.74, 6) is 0. The van der Waals surface area contributed by atoms with E-state index in [9.17, 15) is 5.26 Å². The van der Waals surface area contributed by atoms with Gasteiger partial charge in [0.1, 0.15) is 6.07 Å². The largest absolute Gasteiger partial charge is 0.353 e. The van der Waals surface area contributed by atoms with Crippen molar-refractivity contribution in [2.45, 2.75) is 22.7 Å². The molecule has 0 unspecified atom stereocenters. The van der Waals surface area contributed by atoms with Gasteiger partial charge < -0.3 is 10.2 Å². The van der Waals surface area contributed by atoms with Crippen LogP contribution >= 0.6 is 23.1 Å². The van der Waals surface area contributed by atoms with Crippen LogP contribution < -0.4 is 10.2 Å². The lowest BCUT2D eigenvalue weighted by Gasteiger charge is -2.06. The quantitative estimate of drug-likeness (QED) is 0.883. The Morgan fingerprint density at radius 3 is 2.81 bits per heavy atom. The van der Waals surface area contributed by atoms with Crippen molar-refractivity contribution < 1.29 is 0 Å². The molecule has 0 bridgehead atoms. The topological polar surface area (TPSA) is 64.8 Å². The van der Waals surface area contributed by atoms with Gasteiger partial charge in [-0.25, -0.2) is 0 Å². The van der Waals surface area contributed by atoms with E-state index in [1.165, 1.54) is 23.1 Å². The van der Waals surface area contributed by atoms with Crippen molar-refractivity contribution in [1.82, 2.24) is 15.5 Å². The summed E-state index contributed by atoms with van der Waals surface area (Å²) in [7, 11) is 3.87. The fourth-order valence-electron chi connectivity index (χ4n) is 1.65. The molecule has 0 aliphatic heterocycles. The normalized spacial score (nSPS) is 10.4. The van der Waals surface area contributed by atoms with E-state index in [4.69, 9.17) is 0 Å². The number of aromatic nitrogens is 2. The molecule has 0 saturated carbocycles. The molecule has 7 heteroatoms. The van der Waals surface area contributed by atoms with Crippen LogP contribution in [0.5, 0.6) is 0 Å². The summed E-state index contributed by atoms with van der Waals surface area (Å²) in [6, 6.07) is 8.21. The second-order valence-corrected chi connectivity index (χ2v) is 6.81. The second-order valence-electron chi connectivity index (χ2n) is 4.57. The van der Waals surface area contributed by atoms with Gasteiger partial charge in [0.2, 0.25) is 5.13 Å². The lowest BCUT2D eigenvalue weighted by molar-refractivity contribution is 0.726. The molecule has 2 aromatic rings. The van der Waals surface area contributed by atoms with Gasteiger partial charge in [-0.3, -0.25) is 0 Å². The van der Waals surface area contributed by atoms with Gasteiger partial charge >= 0.3 is 0 Å². The SMILES string of the molecule is CCNCc1ccc(Sc2nnc(N(C)C)s2)c(C#N)c1. The van der Waals surface area contributed by atoms with Crippen LogP contribution in [0.3, 0.4) is 0 Å². The van der Waals surface area contributed by atoms with Gasteiger partial charge in [0, 0.05) is 25.5 Å². The summed E-state index contributed by atoms with van der Waals surface area (Å²) in [6.07, 6.45) is 0. The van der Waals surface area contributed by atoms with Gasteiger partial charge in [0.25, 0.3) is 0 Å². The van der Waals surface area contributed by atoms with E-state index in [1.54, 1.807) is 0 Å². The van der Waals surface area contributed by atoms with Crippen molar-refractivity contribution >= 4 is 28.2 Å². The van der Waals surface area contributed by atoms with Crippen LogP contribution in [0, 0.1) is 11.3 Å². The van der Waals surface area contributed by atoms with Crippen LogP contribution in [-0.4, -0.2) is 30.8 Å². The minimum atomic E-state index is 0.678. The molecular formula is C14H17N5S2. The van der Waals surface area contributed by atoms with Crippen LogP contribution in [-0.2, 0) is 6.54 Å². The summed E-state index contributed by atoms with van der Waals surface area (Å²) in [6.45, 7) is 3.75. The smallest absolute Gasteiger partial charge is 0.208 e. The fraction of sp³-hybridized carbons (Fsp3) is 0.357. The van der Waals surface area contributed by atoms with Gasteiger partial charge in [-0.1, -0.05) is 36.1 Å².